The molecule has 2 saturated heterocycles. The van der Waals surface area contributed by atoms with Crippen LogP contribution in [0.25, 0.3) is 33.4 Å². The number of anilines is 2. The molecule has 0 atom stereocenters. The van der Waals surface area contributed by atoms with E-state index < -0.39 is 28.9 Å². The second-order valence-electron chi connectivity index (χ2n) is 13.4. The Morgan fingerprint density at radius 3 is 2.40 bits per heavy atom. The Balaban J connectivity index is 1.20. The highest BCUT2D eigenvalue weighted by molar-refractivity contribution is 6.07. The second-order valence-corrected chi connectivity index (χ2v) is 13.4. The van der Waals surface area contributed by atoms with E-state index >= 15 is 4.39 Å². The van der Waals surface area contributed by atoms with Crippen LogP contribution in [0.5, 0.6) is 0 Å². The molecule has 53 heavy (non-hydrogen) atoms. The van der Waals surface area contributed by atoms with Crippen molar-refractivity contribution in [1.82, 2.24) is 30.0 Å². The molecule has 2 amide bonds. The molecule has 2 aromatic carbocycles. The number of nitrogens with zero attached hydrogens (tertiary/aromatic N) is 4. The molecular formula is C39H40F2N8O4. The first kappa shape index (κ1) is 35.7. The summed E-state index contributed by atoms with van der Waals surface area (Å²) in [7, 11) is 1.45. The van der Waals surface area contributed by atoms with E-state index in [4.69, 9.17) is 10.5 Å². The summed E-state index contributed by atoms with van der Waals surface area (Å²) in [5.41, 5.74) is 7.70. The first-order valence-corrected chi connectivity index (χ1v) is 17.7. The molecule has 0 radical (unpaired) electrons. The van der Waals surface area contributed by atoms with Crippen molar-refractivity contribution in [2.24, 2.45) is 5.92 Å². The number of hydrogen-bond acceptors (Lipinski definition) is 8. The number of aromatic nitrogens is 4. The van der Waals surface area contributed by atoms with Crippen molar-refractivity contribution >= 4 is 23.3 Å². The minimum atomic E-state index is -0.802. The van der Waals surface area contributed by atoms with E-state index in [1.807, 2.05) is 10.9 Å². The Labute approximate surface area is 304 Å². The quantitative estimate of drug-likeness (QED) is 0.160. The number of halogens is 2. The lowest BCUT2D eigenvalue weighted by molar-refractivity contribution is 0.0607. The average molecular weight is 723 g/mol. The summed E-state index contributed by atoms with van der Waals surface area (Å²) in [6.07, 6.45) is 10.1. The van der Waals surface area contributed by atoms with Crippen LogP contribution in [-0.4, -0.2) is 64.5 Å². The Bertz CT molecular complexity index is 2210. The van der Waals surface area contributed by atoms with Crippen LogP contribution in [0.2, 0.25) is 0 Å². The zero-order chi connectivity index (χ0) is 37.1. The normalized spacial score (nSPS) is 15.3. The zero-order valence-electron chi connectivity index (χ0n) is 29.2. The fourth-order valence-corrected chi connectivity index (χ4v) is 7.04. The van der Waals surface area contributed by atoms with Crippen molar-refractivity contribution < 1.29 is 23.1 Å². The molecule has 14 heteroatoms. The first-order chi connectivity index (χ1) is 25.7. The molecule has 12 nitrogen and oxygen atoms in total. The smallest absolute Gasteiger partial charge is 0.268 e. The summed E-state index contributed by atoms with van der Waals surface area (Å²) < 4.78 is 38.8. The van der Waals surface area contributed by atoms with Crippen molar-refractivity contribution in [2.75, 3.05) is 44.4 Å². The van der Waals surface area contributed by atoms with Crippen LogP contribution in [-0.2, 0) is 11.3 Å². The number of nitrogen functional groups attached to an aromatic ring is 1. The third-order valence-corrected chi connectivity index (χ3v) is 9.95. The van der Waals surface area contributed by atoms with Gasteiger partial charge in [0.2, 0.25) is 5.43 Å². The van der Waals surface area contributed by atoms with Gasteiger partial charge in [0.15, 0.2) is 0 Å². The van der Waals surface area contributed by atoms with Crippen LogP contribution in [0.15, 0.2) is 78.1 Å². The van der Waals surface area contributed by atoms with Gasteiger partial charge >= 0.3 is 0 Å². The van der Waals surface area contributed by atoms with E-state index in [-0.39, 0.29) is 45.4 Å². The maximum absolute atomic E-state index is 15.8. The van der Waals surface area contributed by atoms with Crippen LogP contribution in [0.4, 0.5) is 20.3 Å². The Kier molecular flexibility index (Phi) is 10.4. The molecule has 2 aliphatic rings. The Morgan fingerprint density at radius 2 is 1.68 bits per heavy atom. The van der Waals surface area contributed by atoms with Crippen LogP contribution in [0.3, 0.4) is 0 Å². The molecule has 2 aliphatic heterocycles. The zero-order valence-corrected chi connectivity index (χ0v) is 29.2. The molecule has 274 valence electrons. The SMILES string of the molecule is CNC(=O)c1c(-c2ccc(F)cc2)c(=O)c(C(=O)Nc2ccc(-c3cc(-c4cnn(C5CCNCC5)c4)cnc3N)c(F)c2)cn1CC1CCOCC1. The van der Waals surface area contributed by atoms with Crippen molar-refractivity contribution in [2.45, 2.75) is 38.3 Å². The van der Waals surface area contributed by atoms with Crippen LogP contribution in [0, 0.1) is 17.6 Å². The summed E-state index contributed by atoms with van der Waals surface area (Å²) >= 11 is 0. The van der Waals surface area contributed by atoms with E-state index in [0.29, 0.717) is 31.4 Å². The molecule has 0 unspecified atom stereocenters. The highest BCUT2D eigenvalue weighted by Gasteiger charge is 2.27. The van der Waals surface area contributed by atoms with Crippen molar-refractivity contribution in [1.29, 1.82) is 0 Å². The minimum Gasteiger partial charge on any atom is -0.383 e. The monoisotopic (exact) mass is 722 g/mol. The van der Waals surface area contributed by atoms with E-state index in [0.717, 1.165) is 56.0 Å². The standard InChI is InChI=1S/C39H40F2N8O4/c1-43-39(52)35-34(24-2-4-27(40)5-3-24)36(50)32(22-48(35)20-23-10-14-53-15-11-23)38(51)47-28-6-7-30(33(41)17-28)31-16-25(18-45-37(31)42)26-19-46-49(21-26)29-8-12-44-13-9-29/h2-7,16-19,21-23,29,44H,8-15,20H2,1H3,(H2,42,45)(H,43,52)(H,47,51). The molecule has 3 aromatic heterocycles. The number of rotatable bonds is 9. The van der Waals surface area contributed by atoms with Crippen LogP contribution in [0.1, 0.15) is 52.6 Å². The summed E-state index contributed by atoms with van der Waals surface area (Å²) in [5, 5.41) is 13.2. The maximum Gasteiger partial charge on any atom is 0.268 e. The molecular weight excluding hydrogens is 682 g/mol. The molecule has 0 spiro atoms. The number of pyridine rings is 2. The molecule has 0 saturated carbocycles. The summed E-state index contributed by atoms with van der Waals surface area (Å²) in [5.74, 6) is -2.29. The predicted octanol–water partition coefficient (Wildman–Crippen LogP) is 5.26. The van der Waals surface area contributed by atoms with Gasteiger partial charge in [0, 0.05) is 73.3 Å². The highest BCUT2D eigenvalue weighted by atomic mass is 19.1. The number of piperidine rings is 1. The average Bonchev–Trinajstić information content (AvgIpc) is 3.67. The Morgan fingerprint density at radius 1 is 0.925 bits per heavy atom. The van der Waals surface area contributed by atoms with E-state index in [2.05, 4.69) is 26.0 Å². The summed E-state index contributed by atoms with van der Waals surface area (Å²) in [6.45, 7) is 3.29. The number of carbonyl (C=O) groups is 2. The number of ether oxygens (including phenoxy) is 1. The summed E-state index contributed by atoms with van der Waals surface area (Å²) in [6, 6.07) is 11.4. The molecule has 0 bridgehead atoms. The number of hydrogen-bond donors (Lipinski definition) is 4. The van der Waals surface area contributed by atoms with Gasteiger partial charge in [0.05, 0.1) is 17.8 Å². The van der Waals surface area contributed by atoms with Gasteiger partial charge in [-0.2, -0.15) is 5.10 Å². The van der Waals surface area contributed by atoms with E-state index in [9.17, 15) is 18.8 Å². The lowest BCUT2D eigenvalue weighted by Gasteiger charge is -2.26. The highest BCUT2D eigenvalue weighted by Crippen LogP contribution is 2.33. The van der Waals surface area contributed by atoms with Gasteiger partial charge in [0.25, 0.3) is 11.8 Å². The van der Waals surface area contributed by atoms with Gasteiger partial charge < -0.3 is 31.0 Å². The summed E-state index contributed by atoms with van der Waals surface area (Å²) in [4.78, 5) is 45.6. The van der Waals surface area contributed by atoms with Gasteiger partial charge in [-0.15, -0.1) is 0 Å². The second kappa shape index (κ2) is 15.5. The number of nitrogens with two attached hydrogens (primary N) is 1. The van der Waals surface area contributed by atoms with E-state index in [1.54, 1.807) is 23.0 Å². The van der Waals surface area contributed by atoms with Crippen molar-refractivity contribution in [3.8, 4) is 33.4 Å². The molecule has 7 rings (SSSR count). The molecule has 5 N–H and O–H groups in total. The van der Waals surface area contributed by atoms with E-state index in [1.165, 1.54) is 49.6 Å². The van der Waals surface area contributed by atoms with Gasteiger partial charge in [-0.05, 0) is 86.7 Å². The van der Waals surface area contributed by atoms with Gasteiger partial charge in [0.1, 0.15) is 28.7 Å². The number of carbonyl (C=O) groups excluding carboxylic acids is 2. The number of nitrogens with one attached hydrogen (secondary N) is 3. The number of amides is 2. The number of benzene rings is 2. The fraction of sp³-hybridized carbons (Fsp3) is 0.308. The van der Waals surface area contributed by atoms with Crippen LogP contribution >= 0.6 is 0 Å². The van der Waals surface area contributed by atoms with Crippen LogP contribution < -0.4 is 27.1 Å². The topological polar surface area (TPSA) is 158 Å². The predicted molar refractivity (Wildman–Crippen MR) is 197 cm³/mol. The first-order valence-electron chi connectivity index (χ1n) is 17.7. The molecule has 2 fully saturated rings. The van der Waals surface area contributed by atoms with Crippen molar-refractivity contribution in [3.05, 3.63) is 106 Å². The molecule has 5 heterocycles. The fourth-order valence-electron chi connectivity index (χ4n) is 7.04. The Hall–Kier alpha value is -5.73. The van der Waals surface area contributed by atoms with Crippen molar-refractivity contribution in [3.63, 3.8) is 0 Å². The largest absolute Gasteiger partial charge is 0.383 e. The lowest BCUT2D eigenvalue weighted by atomic mass is 9.97. The van der Waals surface area contributed by atoms with Gasteiger partial charge in [-0.1, -0.05) is 12.1 Å². The maximum atomic E-state index is 15.8. The van der Waals surface area contributed by atoms with Gasteiger partial charge in [-0.3, -0.25) is 19.1 Å². The minimum absolute atomic E-state index is 0.0465. The third-order valence-electron chi connectivity index (χ3n) is 9.95. The molecule has 5 aromatic rings. The van der Waals surface area contributed by atoms with Gasteiger partial charge in [-0.25, -0.2) is 13.8 Å². The molecule has 0 aliphatic carbocycles. The third kappa shape index (κ3) is 7.59. The lowest BCUT2D eigenvalue weighted by Crippen LogP contribution is -2.33.